The van der Waals surface area contributed by atoms with Crippen LogP contribution in [0.25, 0.3) is 0 Å². The topological polar surface area (TPSA) is 97.6 Å². The Balaban J connectivity index is 1.46. The predicted octanol–water partition coefficient (Wildman–Crippen LogP) is 1.75. The number of sulfonamides is 1. The summed E-state index contributed by atoms with van der Waals surface area (Å²) in [6.07, 6.45) is 4.51. The Bertz CT molecular complexity index is 979. The number of anilines is 1. The van der Waals surface area contributed by atoms with E-state index in [1.807, 2.05) is 29.5 Å². The molecule has 0 spiro atoms. The van der Waals surface area contributed by atoms with Crippen LogP contribution in [0.1, 0.15) is 30.7 Å². The first kappa shape index (κ1) is 22.1. The first-order valence-corrected chi connectivity index (χ1v) is 11.8. The number of likely N-dealkylation sites (tertiary alicyclic amines) is 1. The number of ether oxygens (including phenoxy) is 1. The van der Waals surface area contributed by atoms with Gasteiger partial charge in [0.15, 0.2) is 0 Å². The van der Waals surface area contributed by atoms with Crippen LogP contribution in [0.15, 0.2) is 24.4 Å². The molecule has 10 heteroatoms. The summed E-state index contributed by atoms with van der Waals surface area (Å²) in [7, 11) is -1.84. The number of aryl methyl sites for hydroxylation is 3. The van der Waals surface area contributed by atoms with Crippen molar-refractivity contribution in [2.24, 2.45) is 0 Å². The van der Waals surface area contributed by atoms with E-state index in [9.17, 15) is 13.2 Å². The highest BCUT2D eigenvalue weighted by Gasteiger charge is 2.24. The molecule has 2 aromatic rings. The molecule has 1 aliphatic heterocycles. The summed E-state index contributed by atoms with van der Waals surface area (Å²) < 4.78 is 32.1. The van der Waals surface area contributed by atoms with Crippen molar-refractivity contribution in [3.05, 3.63) is 35.8 Å². The molecule has 1 aliphatic rings. The number of hydrogen-bond acceptors (Lipinski definition) is 6. The van der Waals surface area contributed by atoms with Gasteiger partial charge in [-0.15, -0.1) is 0 Å². The quantitative estimate of drug-likeness (QED) is 0.657. The molecule has 0 unspecified atom stereocenters. The van der Waals surface area contributed by atoms with Crippen molar-refractivity contribution in [1.82, 2.24) is 19.7 Å². The molecule has 0 atom stereocenters. The van der Waals surface area contributed by atoms with Crippen LogP contribution in [0.4, 0.5) is 5.69 Å². The lowest BCUT2D eigenvalue weighted by Gasteiger charge is -2.32. The second-order valence-corrected chi connectivity index (χ2v) is 9.70. The van der Waals surface area contributed by atoms with E-state index in [-0.39, 0.29) is 12.0 Å². The normalized spacial score (nSPS) is 15.3. The van der Waals surface area contributed by atoms with Gasteiger partial charge < -0.3 is 9.64 Å². The van der Waals surface area contributed by atoms with E-state index in [0.717, 1.165) is 30.5 Å². The van der Waals surface area contributed by atoms with Gasteiger partial charge in [0.25, 0.3) is 0 Å². The van der Waals surface area contributed by atoms with Gasteiger partial charge in [-0.3, -0.25) is 13.8 Å². The fraction of sp³-hybridized carbons (Fsp3) is 0.550. The highest BCUT2D eigenvalue weighted by atomic mass is 32.2. The van der Waals surface area contributed by atoms with E-state index >= 15 is 0 Å². The minimum absolute atomic E-state index is 0.0175. The molecule has 164 valence electrons. The molecule has 0 saturated carbocycles. The van der Waals surface area contributed by atoms with Crippen molar-refractivity contribution < 1.29 is 17.9 Å². The van der Waals surface area contributed by atoms with E-state index in [1.54, 1.807) is 12.1 Å². The molecule has 1 fully saturated rings. The average molecular weight is 436 g/mol. The summed E-state index contributed by atoms with van der Waals surface area (Å²) in [4.78, 5) is 18.6. The third kappa shape index (κ3) is 5.50. The molecule has 3 rings (SSSR count). The van der Waals surface area contributed by atoms with Crippen LogP contribution in [0.3, 0.4) is 0 Å². The lowest BCUT2D eigenvalue weighted by molar-refractivity contribution is -0.133. The van der Waals surface area contributed by atoms with Crippen LogP contribution in [-0.4, -0.2) is 66.5 Å². The largest absolute Gasteiger partial charge is 0.474 e. The van der Waals surface area contributed by atoms with Crippen molar-refractivity contribution in [3.8, 4) is 5.88 Å². The Morgan fingerprint density at radius 2 is 1.97 bits per heavy atom. The molecule has 0 N–H and O–H groups in total. The summed E-state index contributed by atoms with van der Waals surface area (Å²) in [6, 6.07) is 5.34. The molecule has 30 heavy (non-hydrogen) atoms. The zero-order valence-electron chi connectivity index (χ0n) is 17.9. The smallest absolute Gasteiger partial charge is 0.232 e. The van der Waals surface area contributed by atoms with Gasteiger partial charge in [-0.05, 0) is 26.0 Å². The fourth-order valence-electron chi connectivity index (χ4n) is 3.47. The number of aromatic nitrogens is 3. The Hall–Kier alpha value is -2.62. The zero-order valence-corrected chi connectivity index (χ0v) is 18.7. The average Bonchev–Trinajstić information content (AvgIpc) is 3.03. The molecule has 2 aromatic heterocycles. The van der Waals surface area contributed by atoms with E-state index in [4.69, 9.17) is 4.74 Å². The van der Waals surface area contributed by atoms with Crippen molar-refractivity contribution >= 4 is 21.6 Å². The number of rotatable bonds is 7. The van der Waals surface area contributed by atoms with Crippen molar-refractivity contribution in [2.75, 3.05) is 30.7 Å². The lowest BCUT2D eigenvalue weighted by atomic mass is 10.1. The SMILES string of the molecule is Cc1cc(C)n(CCC(=O)N2CCC(Oc3ccc(N(C)S(C)(=O)=O)cn3)CC2)n1. The summed E-state index contributed by atoms with van der Waals surface area (Å²) in [6.45, 7) is 5.83. The van der Waals surface area contributed by atoms with Gasteiger partial charge in [-0.25, -0.2) is 13.4 Å². The molecule has 0 radical (unpaired) electrons. The highest BCUT2D eigenvalue weighted by Crippen LogP contribution is 2.21. The number of hydrogen-bond donors (Lipinski definition) is 0. The Morgan fingerprint density at radius 3 is 2.50 bits per heavy atom. The number of pyridine rings is 1. The number of nitrogens with zero attached hydrogens (tertiary/aromatic N) is 5. The van der Waals surface area contributed by atoms with Crippen molar-refractivity contribution in [1.29, 1.82) is 0 Å². The van der Waals surface area contributed by atoms with Gasteiger partial charge in [0.1, 0.15) is 6.10 Å². The van der Waals surface area contributed by atoms with Crippen LogP contribution >= 0.6 is 0 Å². The fourth-order valence-corrected chi connectivity index (χ4v) is 3.97. The molecule has 0 bridgehead atoms. The van der Waals surface area contributed by atoms with Gasteiger partial charge in [0.05, 0.1) is 23.8 Å². The van der Waals surface area contributed by atoms with Gasteiger partial charge in [-0.1, -0.05) is 0 Å². The van der Waals surface area contributed by atoms with Crippen molar-refractivity contribution in [3.63, 3.8) is 0 Å². The van der Waals surface area contributed by atoms with Crippen LogP contribution in [0.5, 0.6) is 5.88 Å². The predicted molar refractivity (Wildman–Crippen MR) is 114 cm³/mol. The highest BCUT2D eigenvalue weighted by molar-refractivity contribution is 7.92. The monoisotopic (exact) mass is 435 g/mol. The third-order valence-corrected chi connectivity index (χ3v) is 6.51. The van der Waals surface area contributed by atoms with Gasteiger partial charge in [0, 0.05) is 57.7 Å². The molecule has 1 amide bonds. The maximum atomic E-state index is 12.5. The second kappa shape index (κ2) is 9.03. The molecular formula is C20H29N5O4S. The Labute approximate surface area is 177 Å². The number of piperidine rings is 1. The minimum atomic E-state index is -3.32. The van der Waals surface area contributed by atoms with Gasteiger partial charge >= 0.3 is 0 Å². The van der Waals surface area contributed by atoms with E-state index in [1.165, 1.54) is 17.5 Å². The molecular weight excluding hydrogens is 406 g/mol. The molecule has 0 aliphatic carbocycles. The minimum Gasteiger partial charge on any atom is -0.474 e. The van der Waals surface area contributed by atoms with E-state index in [2.05, 4.69) is 10.1 Å². The summed E-state index contributed by atoms with van der Waals surface area (Å²) in [5.74, 6) is 0.585. The van der Waals surface area contributed by atoms with Crippen molar-refractivity contribution in [2.45, 2.75) is 45.8 Å². The Kier molecular flexibility index (Phi) is 6.64. The van der Waals surface area contributed by atoms with E-state index in [0.29, 0.717) is 37.6 Å². The molecule has 3 heterocycles. The maximum Gasteiger partial charge on any atom is 0.232 e. The summed E-state index contributed by atoms with van der Waals surface area (Å²) >= 11 is 0. The van der Waals surface area contributed by atoms with Crippen LogP contribution < -0.4 is 9.04 Å². The lowest BCUT2D eigenvalue weighted by Crippen LogP contribution is -2.42. The number of carbonyl (C=O) groups excluding carboxylic acids is 1. The standard InChI is InChI=1S/C20H29N5O4S/c1-15-13-16(2)25(22-15)12-9-20(26)24-10-7-18(8-11-24)29-19-6-5-17(14-21-19)23(3)30(4,27)28/h5-6,13-14,18H,7-12H2,1-4H3. The first-order chi connectivity index (χ1) is 14.1. The zero-order chi connectivity index (χ0) is 21.9. The summed E-state index contributed by atoms with van der Waals surface area (Å²) in [5, 5.41) is 4.40. The molecule has 0 aromatic carbocycles. The van der Waals surface area contributed by atoms with Gasteiger partial charge in [-0.2, -0.15) is 5.10 Å². The maximum absolute atomic E-state index is 12.5. The van der Waals surface area contributed by atoms with Crippen LogP contribution in [-0.2, 0) is 21.4 Å². The van der Waals surface area contributed by atoms with Gasteiger partial charge in [0.2, 0.25) is 21.8 Å². The second-order valence-electron chi connectivity index (χ2n) is 7.68. The Morgan fingerprint density at radius 1 is 1.27 bits per heavy atom. The first-order valence-electron chi connectivity index (χ1n) is 9.99. The molecule has 1 saturated heterocycles. The number of amides is 1. The third-order valence-electron chi connectivity index (χ3n) is 5.30. The number of carbonyl (C=O) groups is 1. The van der Waals surface area contributed by atoms with Crippen LogP contribution in [0, 0.1) is 13.8 Å². The summed E-state index contributed by atoms with van der Waals surface area (Å²) in [5.41, 5.74) is 2.50. The van der Waals surface area contributed by atoms with E-state index < -0.39 is 10.0 Å². The molecule has 9 nitrogen and oxygen atoms in total. The van der Waals surface area contributed by atoms with Crippen LogP contribution in [0.2, 0.25) is 0 Å².